The first-order valence-corrected chi connectivity index (χ1v) is 8.81. The molecule has 3 nitrogen and oxygen atoms in total. The first-order valence-electron chi connectivity index (χ1n) is 8.81. The van der Waals surface area contributed by atoms with Gasteiger partial charge >= 0.3 is 0 Å². The molecule has 3 aromatic carbocycles. The van der Waals surface area contributed by atoms with Gasteiger partial charge in [0.1, 0.15) is 6.04 Å². The summed E-state index contributed by atoms with van der Waals surface area (Å²) < 4.78 is 0. The van der Waals surface area contributed by atoms with Gasteiger partial charge in [-0.25, -0.2) is 0 Å². The molecule has 0 aliphatic heterocycles. The second-order valence-corrected chi connectivity index (χ2v) is 6.70. The van der Waals surface area contributed by atoms with E-state index < -0.39 is 0 Å². The Balaban J connectivity index is 1.67. The van der Waals surface area contributed by atoms with Crippen LogP contribution in [0.3, 0.4) is 0 Å². The van der Waals surface area contributed by atoms with E-state index in [-0.39, 0.29) is 11.9 Å². The maximum atomic E-state index is 12.5. The van der Waals surface area contributed by atoms with Gasteiger partial charge in [-0.2, -0.15) is 0 Å². The van der Waals surface area contributed by atoms with E-state index in [1.165, 1.54) is 5.56 Å². The van der Waals surface area contributed by atoms with E-state index in [0.29, 0.717) is 12.5 Å². The molecule has 128 valence electrons. The summed E-state index contributed by atoms with van der Waals surface area (Å²) in [5.41, 5.74) is 2.13. The molecule has 1 atom stereocenters. The number of quaternary nitrogens is 1. The summed E-state index contributed by atoms with van der Waals surface area (Å²) in [7, 11) is 0. The Bertz CT molecular complexity index is 838. The number of amides is 1. The van der Waals surface area contributed by atoms with E-state index in [2.05, 4.69) is 60.9 Å². The highest BCUT2D eigenvalue weighted by Crippen LogP contribution is 2.22. The number of carbonyl (C=O) groups excluding carboxylic acids is 1. The Morgan fingerprint density at radius 2 is 1.60 bits per heavy atom. The van der Waals surface area contributed by atoms with Gasteiger partial charge in [-0.05, 0) is 11.5 Å². The minimum absolute atomic E-state index is 0.0259. The summed E-state index contributed by atoms with van der Waals surface area (Å²) in [5.74, 6) is 0.477. The van der Waals surface area contributed by atoms with E-state index in [0.717, 1.165) is 16.5 Å². The molecule has 3 rings (SSSR count). The van der Waals surface area contributed by atoms with E-state index in [1.54, 1.807) is 0 Å². The average molecular weight is 333 g/mol. The molecule has 0 radical (unpaired) electrons. The Morgan fingerprint density at radius 1 is 0.920 bits per heavy atom. The zero-order chi connectivity index (χ0) is 17.6. The fourth-order valence-electron chi connectivity index (χ4n) is 3.24. The minimum Gasteiger partial charge on any atom is -0.332 e. The normalized spacial score (nSPS) is 12.3. The smallest absolute Gasteiger partial charge is 0.279 e. The van der Waals surface area contributed by atoms with E-state index in [9.17, 15) is 4.79 Å². The van der Waals surface area contributed by atoms with Gasteiger partial charge in [0.2, 0.25) is 0 Å². The molecule has 1 amide bonds. The van der Waals surface area contributed by atoms with Crippen LogP contribution in [0.4, 0.5) is 5.69 Å². The lowest BCUT2D eigenvalue weighted by Gasteiger charge is -2.19. The molecule has 0 spiro atoms. The maximum Gasteiger partial charge on any atom is 0.279 e. The molecular weight excluding hydrogens is 308 g/mol. The van der Waals surface area contributed by atoms with Gasteiger partial charge in [0.05, 0.1) is 0 Å². The Hall–Kier alpha value is -2.65. The van der Waals surface area contributed by atoms with Crippen molar-refractivity contribution in [2.45, 2.75) is 19.9 Å². The number of nitrogens with one attached hydrogen (secondary N) is 1. The Morgan fingerprint density at radius 3 is 2.36 bits per heavy atom. The molecule has 3 N–H and O–H groups in total. The van der Waals surface area contributed by atoms with Crippen LogP contribution in [-0.4, -0.2) is 12.5 Å². The fourth-order valence-corrected chi connectivity index (χ4v) is 3.24. The van der Waals surface area contributed by atoms with Crippen LogP contribution in [0.15, 0.2) is 72.8 Å². The molecule has 0 fully saturated rings. The highest BCUT2D eigenvalue weighted by atomic mass is 16.1. The van der Waals surface area contributed by atoms with Crippen molar-refractivity contribution in [2.75, 3.05) is 11.9 Å². The van der Waals surface area contributed by atoms with E-state index in [4.69, 9.17) is 0 Å². The van der Waals surface area contributed by atoms with Gasteiger partial charge in [0.25, 0.3) is 5.91 Å². The van der Waals surface area contributed by atoms with Crippen molar-refractivity contribution in [1.82, 2.24) is 0 Å². The van der Waals surface area contributed by atoms with Crippen molar-refractivity contribution in [3.63, 3.8) is 0 Å². The van der Waals surface area contributed by atoms with Crippen LogP contribution in [0, 0.1) is 5.92 Å². The first kappa shape index (κ1) is 17.2. The zero-order valence-electron chi connectivity index (χ0n) is 14.8. The van der Waals surface area contributed by atoms with Gasteiger partial charge < -0.3 is 10.6 Å². The van der Waals surface area contributed by atoms with Crippen LogP contribution in [0.1, 0.15) is 25.5 Å². The molecule has 0 aliphatic rings. The predicted octanol–water partition coefficient (Wildman–Crippen LogP) is 3.74. The third-order valence-electron chi connectivity index (χ3n) is 4.52. The van der Waals surface area contributed by atoms with E-state index >= 15 is 0 Å². The summed E-state index contributed by atoms with van der Waals surface area (Å²) in [4.78, 5) is 12.5. The molecule has 0 unspecified atom stereocenters. The summed E-state index contributed by atoms with van der Waals surface area (Å²) in [5, 5.41) is 7.39. The molecular formula is C22H25N2O+. The number of carbonyl (C=O) groups is 1. The molecule has 0 aliphatic carbocycles. The van der Waals surface area contributed by atoms with Gasteiger partial charge in [0.15, 0.2) is 6.54 Å². The standard InChI is InChI=1S/C22H24N2O/c1-16(2)22(18-10-4-3-5-11-18)23-15-21(25)24-20-14-8-12-17-9-6-7-13-19(17)20/h3-14,16,22-23H,15H2,1-2H3,(H,24,25)/p+1/t22-/m0/s1. The molecule has 3 heteroatoms. The number of anilines is 1. The van der Waals surface area contributed by atoms with Gasteiger partial charge in [-0.15, -0.1) is 0 Å². The van der Waals surface area contributed by atoms with Crippen LogP contribution in [-0.2, 0) is 4.79 Å². The first-order chi connectivity index (χ1) is 12.1. The largest absolute Gasteiger partial charge is 0.332 e. The minimum atomic E-state index is 0.0259. The fraction of sp³-hybridized carbons (Fsp3) is 0.227. The average Bonchev–Trinajstić information content (AvgIpc) is 2.63. The molecule has 25 heavy (non-hydrogen) atoms. The van der Waals surface area contributed by atoms with Crippen molar-refractivity contribution in [2.24, 2.45) is 5.92 Å². The predicted molar refractivity (Wildman–Crippen MR) is 103 cm³/mol. The zero-order valence-corrected chi connectivity index (χ0v) is 14.8. The molecule has 0 heterocycles. The van der Waals surface area contributed by atoms with Crippen LogP contribution >= 0.6 is 0 Å². The van der Waals surface area contributed by atoms with Crippen molar-refractivity contribution in [3.8, 4) is 0 Å². The summed E-state index contributed by atoms with van der Waals surface area (Å²) >= 11 is 0. The summed E-state index contributed by atoms with van der Waals surface area (Å²) in [6.45, 7) is 4.79. The number of benzene rings is 3. The second-order valence-electron chi connectivity index (χ2n) is 6.70. The van der Waals surface area contributed by atoms with Crippen molar-refractivity contribution in [1.29, 1.82) is 0 Å². The lowest BCUT2D eigenvalue weighted by Crippen LogP contribution is -2.88. The Kier molecular flexibility index (Phi) is 5.46. The third-order valence-corrected chi connectivity index (χ3v) is 4.52. The van der Waals surface area contributed by atoms with Crippen molar-refractivity contribution < 1.29 is 10.1 Å². The Labute approximate surface area is 149 Å². The second kappa shape index (κ2) is 7.95. The van der Waals surface area contributed by atoms with Crippen LogP contribution < -0.4 is 10.6 Å². The van der Waals surface area contributed by atoms with Crippen LogP contribution in [0.2, 0.25) is 0 Å². The van der Waals surface area contributed by atoms with Crippen LogP contribution in [0.25, 0.3) is 10.8 Å². The molecule has 0 saturated heterocycles. The topological polar surface area (TPSA) is 45.7 Å². The lowest BCUT2D eigenvalue weighted by atomic mass is 9.96. The quantitative estimate of drug-likeness (QED) is 0.709. The maximum absolute atomic E-state index is 12.5. The number of nitrogens with two attached hydrogens (primary N) is 1. The number of fused-ring (bicyclic) bond motifs is 1. The number of hydrogen-bond acceptors (Lipinski definition) is 1. The summed E-state index contributed by atoms with van der Waals surface area (Å²) in [6, 6.07) is 24.7. The van der Waals surface area contributed by atoms with Crippen molar-refractivity contribution in [3.05, 3.63) is 78.4 Å². The highest BCUT2D eigenvalue weighted by molar-refractivity contribution is 6.02. The monoisotopic (exact) mass is 333 g/mol. The van der Waals surface area contributed by atoms with Gasteiger partial charge in [-0.3, -0.25) is 4.79 Å². The van der Waals surface area contributed by atoms with Gasteiger partial charge in [0, 0.05) is 22.6 Å². The van der Waals surface area contributed by atoms with Crippen molar-refractivity contribution >= 4 is 22.4 Å². The van der Waals surface area contributed by atoms with Gasteiger partial charge in [-0.1, -0.05) is 80.6 Å². The number of rotatable bonds is 6. The van der Waals surface area contributed by atoms with E-state index in [1.807, 2.05) is 36.4 Å². The number of hydrogen-bond donors (Lipinski definition) is 2. The molecule has 3 aromatic rings. The summed E-state index contributed by atoms with van der Waals surface area (Å²) in [6.07, 6.45) is 0. The molecule has 0 saturated carbocycles. The highest BCUT2D eigenvalue weighted by Gasteiger charge is 2.20. The molecule has 0 aromatic heterocycles. The third kappa shape index (κ3) is 4.25. The molecule has 0 bridgehead atoms. The van der Waals surface area contributed by atoms with Crippen LogP contribution in [0.5, 0.6) is 0 Å². The SMILES string of the molecule is CC(C)[C@H]([NH2+]CC(=O)Nc1cccc2ccccc12)c1ccccc1. The lowest BCUT2D eigenvalue weighted by molar-refractivity contribution is -0.692.